The predicted molar refractivity (Wildman–Crippen MR) is 92.6 cm³/mol. The van der Waals surface area contributed by atoms with Crippen LogP contribution in [0.5, 0.6) is 11.5 Å². The summed E-state index contributed by atoms with van der Waals surface area (Å²) in [5, 5.41) is 0. The van der Waals surface area contributed by atoms with Crippen molar-refractivity contribution in [3.63, 3.8) is 0 Å². The Morgan fingerprint density at radius 2 is 1.71 bits per heavy atom. The van der Waals surface area contributed by atoms with Crippen LogP contribution in [0.3, 0.4) is 0 Å². The van der Waals surface area contributed by atoms with Crippen LogP contribution in [-0.2, 0) is 9.53 Å². The van der Waals surface area contributed by atoms with Gasteiger partial charge in [0, 0.05) is 6.42 Å². The lowest BCUT2D eigenvalue weighted by Gasteiger charge is -2.09. The highest BCUT2D eigenvalue weighted by Crippen LogP contribution is 2.27. The van der Waals surface area contributed by atoms with E-state index in [0.29, 0.717) is 23.5 Å². The first-order valence-corrected chi connectivity index (χ1v) is 7.60. The minimum Gasteiger partial charge on any atom is -0.493 e. The van der Waals surface area contributed by atoms with Gasteiger partial charge < -0.3 is 14.2 Å². The molecule has 0 aliphatic heterocycles. The third-order valence-corrected chi connectivity index (χ3v) is 3.17. The number of carbonyl (C=O) groups is 2. The molecular weight excluding hydrogens is 308 g/mol. The molecule has 0 heterocycles. The van der Waals surface area contributed by atoms with Crippen LogP contribution in [0.4, 0.5) is 0 Å². The molecule has 0 aliphatic carbocycles. The smallest absolute Gasteiger partial charge is 0.338 e. The fourth-order valence-corrected chi connectivity index (χ4v) is 2.03. The van der Waals surface area contributed by atoms with Crippen molar-refractivity contribution in [2.24, 2.45) is 0 Å². The van der Waals surface area contributed by atoms with E-state index in [-0.39, 0.29) is 12.4 Å². The van der Waals surface area contributed by atoms with E-state index in [9.17, 15) is 9.59 Å². The van der Waals surface area contributed by atoms with E-state index in [1.807, 2.05) is 20.8 Å². The summed E-state index contributed by atoms with van der Waals surface area (Å²) in [5.74, 6) is 0.583. The van der Waals surface area contributed by atoms with Crippen LogP contribution in [0.2, 0.25) is 0 Å². The topological polar surface area (TPSA) is 61.8 Å². The van der Waals surface area contributed by atoms with Crippen molar-refractivity contribution in [2.45, 2.75) is 27.2 Å². The van der Waals surface area contributed by atoms with Crippen molar-refractivity contribution in [3.05, 3.63) is 47.1 Å². The van der Waals surface area contributed by atoms with E-state index >= 15 is 0 Å². The third kappa shape index (κ3) is 6.28. The van der Waals surface area contributed by atoms with Gasteiger partial charge in [0.25, 0.3) is 0 Å². The van der Waals surface area contributed by atoms with Gasteiger partial charge in [-0.25, -0.2) is 4.79 Å². The van der Waals surface area contributed by atoms with Crippen LogP contribution in [0.25, 0.3) is 0 Å². The standard InChI is InChI=1S/C19H24O5/c1-13(2)10-16(20)11-14(3)8-9-24-19(21)15-6-7-17(22-4)18(12-15)23-5/h6-8,10,12H,9,11H2,1-5H3. The monoisotopic (exact) mass is 332 g/mol. The van der Waals surface area contributed by atoms with Crippen LogP contribution < -0.4 is 9.47 Å². The lowest BCUT2D eigenvalue weighted by Crippen LogP contribution is -2.06. The van der Waals surface area contributed by atoms with E-state index in [2.05, 4.69) is 0 Å². The molecule has 0 bridgehead atoms. The summed E-state index contributed by atoms with van der Waals surface area (Å²) in [6.07, 6.45) is 3.65. The van der Waals surface area contributed by atoms with Crippen molar-refractivity contribution in [3.8, 4) is 11.5 Å². The van der Waals surface area contributed by atoms with Gasteiger partial charge in [0.1, 0.15) is 6.61 Å². The molecule has 0 radical (unpaired) electrons. The molecule has 0 fully saturated rings. The molecule has 0 spiro atoms. The molecule has 0 N–H and O–H groups in total. The zero-order valence-corrected chi connectivity index (χ0v) is 14.8. The Labute approximate surface area is 142 Å². The van der Waals surface area contributed by atoms with Crippen molar-refractivity contribution >= 4 is 11.8 Å². The Kier molecular flexibility index (Phi) is 7.75. The second-order valence-corrected chi connectivity index (χ2v) is 5.58. The molecule has 0 aromatic heterocycles. The highest BCUT2D eigenvalue weighted by Gasteiger charge is 2.11. The van der Waals surface area contributed by atoms with E-state index in [1.54, 1.807) is 30.4 Å². The quantitative estimate of drug-likeness (QED) is 0.412. The average Bonchev–Trinajstić information content (AvgIpc) is 2.52. The lowest BCUT2D eigenvalue weighted by molar-refractivity contribution is -0.114. The molecule has 1 rings (SSSR count). The summed E-state index contributed by atoms with van der Waals surface area (Å²) in [4.78, 5) is 23.7. The fourth-order valence-electron chi connectivity index (χ4n) is 2.03. The van der Waals surface area contributed by atoms with Gasteiger partial charge in [0.05, 0.1) is 19.8 Å². The van der Waals surface area contributed by atoms with E-state index < -0.39 is 5.97 Å². The summed E-state index contributed by atoms with van der Waals surface area (Å²) < 4.78 is 15.5. The second kappa shape index (κ2) is 9.55. The molecule has 5 heteroatoms. The first-order valence-electron chi connectivity index (χ1n) is 7.60. The highest BCUT2D eigenvalue weighted by atomic mass is 16.5. The van der Waals surface area contributed by atoms with E-state index in [0.717, 1.165) is 11.1 Å². The number of ether oxygens (including phenoxy) is 3. The summed E-state index contributed by atoms with van der Waals surface area (Å²) in [6, 6.07) is 4.82. The van der Waals surface area contributed by atoms with Gasteiger partial charge in [-0.3, -0.25) is 4.79 Å². The highest BCUT2D eigenvalue weighted by molar-refractivity contribution is 5.92. The number of hydrogen-bond acceptors (Lipinski definition) is 5. The minimum absolute atomic E-state index is 0.0370. The Hall–Kier alpha value is -2.56. The molecule has 130 valence electrons. The Balaban J connectivity index is 2.61. The zero-order valence-electron chi connectivity index (χ0n) is 14.8. The number of carbonyl (C=O) groups excluding carboxylic acids is 2. The molecule has 5 nitrogen and oxygen atoms in total. The van der Waals surface area contributed by atoms with E-state index in [1.165, 1.54) is 14.2 Å². The molecule has 1 aromatic rings. The maximum Gasteiger partial charge on any atom is 0.338 e. The van der Waals surface area contributed by atoms with Gasteiger partial charge in [0.15, 0.2) is 17.3 Å². The molecule has 0 saturated carbocycles. The Morgan fingerprint density at radius 1 is 1.04 bits per heavy atom. The van der Waals surface area contributed by atoms with Gasteiger partial charge in [-0.15, -0.1) is 0 Å². The normalized spacial score (nSPS) is 10.8. The minimum atomic E-state index is -0.462. The average molecular weight is 332 g/mol. The molecule has 0 unspecified atom stereocenters. The van der Waals surface area contributed by atoms with Gasteiger partial charge in [0.2, 0.25) is 0 Å². The van der Waals surface area contributed by atoms with Crippen LogP contribution >= 0.6 is 0 Å². The second-order valence-electron chi connectivity index (χ2n) is 5.58. The van der Waals surface area contributed by atoms with Crippen molar-refractivity contribution in [2.75, 3.05) is 20.8 Å². The molecule has 0 saturated heterocycles. The van der Waals surface area contributed by atoms with Crippen molar-refractivity contribution in [1.29, 1.82) is 0 Å². The van der Waals surface area contributed by atoms with Crippen LogP contribution in [0, 0.1) is 0 Å². The SMILES string of the molecule is COc1ccc(C(=O)OCC=C(C)CC(=O)C=C(C)C)cc1OC. The van der Waals surface area contributed by atoms with Gasteiger partial charge >= 0.3 is 5.97 Å². The Morgan fingerprint density at radius 3 is 2.29 bits per heavy atom. The summed E-state index contributed by atoms with van der Waals surface area (Å²) in [5.41, 5.74) is 2.20. The first kappa shape index (κ1) is 19.5. The first-order chi connectivity index (χ1) is 11.4. The van der Waals surface area contributed by atoms with Crippen LogP contribution in [0.15, 0.2) is 41.5 Å². The molecule has 0 atom stereocenters. The van der Waals surface area contributed by atoms with Gasteiger partial charge in [-0.2, -0.15) is 0 Å². The third-order valence-electron chi connectivity index (χ3n) is 3.17. The van der Waals surface area contributed by atoms with Gasteiger partial charge in [-0.05, 0) is 51.1 Å². The largest absolute Gasteiger partial charge is 0.493 e. The summed E-state index contributed by atoms with van der Waals surface area (Å²) in [7, 11) is 3.03. The number of esters is 1. The van der Waals surface area contributed by atoms with Crippen molar-refractivity contribution in [1.82, 2.24) is 0 Å². The molecular formula is C19H24O5. The number of benzene rings is 1. The number of rotatable bonds is 8. The maximum atomic E-state index is 12.0. The number of hydrogen-bond donors (Lipinski definition) is 0. The van der Waals surface area contributed by atoms with Crippen LogP contribution in [0.1, 0.15) is 37.6 Å². The number of allylic oxidation sites excluding steroid dienone is 3. The van der Waals surface area contributed by atoms with E-state index in [4.69, 9.17) is 14.2 Å². The lowest BCUT2D eigenvalue weighted by atomic mass is 10.1. The summed E-state index contributed by atoms with van der Waals surface area (Å²) >= 11 is 0. The maximum absolute atomic E-state index is 12.0. The van der Waals surface area contributed by atoms with Crippen LogP contribution in [-0.4, -0.2) is 32.6 Å². The van der Waals surface area contributed by atoms with Gasteiger partial charge in [-0.1, -0.05) is 11.1 Å². The molecule has 0 aliphatic rings. The number of methoxy groups -OCH3 is 2. The Bertz CT molecular complexity index is 652. The fraction of sp³-hybridized carbons (Fsp3) is 0.368. The van der Waals surface area contributed by atoms with Crippen molar-refractivity contribution < 1.29 is 23.8 Å². The number of ketones is 1. The predicted octanol–water partition coefficient (Wildman–Crippen LogP) is 3.73. The molecule has 0 amide bonds. The molecule has 1 aromatic carbocycles. The molecule has 24 heavy (non-hydrogen) atoms. The zero-order chi connectivity index (χ0) is 18.1. The summed E-state index contributed by atoms with van der Waals surface area (Å²) in [6.45, 7) is 5.70.